The SMILES string of the molecule is CNC(=O)c1cnc(Nc2ccc(C(=O)N3CCC(OC)CC3)cn2)cc1NCc1cnccc1C(F)(F)F. The molecular weight excluding hydrogens is 515 g/mol. The predicted molar refractivity (Wildman–Crippen MR) is 138 cm³/mol. The summed E-state index contributed by atoms with van der Waals surface area (Å²) in [6, 6.07) is 5.67. The number of piperidine rings is 1. The summed E-state index contributed by atoms with van der Waals surface area (Å²) in [5.74, 6) is 0.106. The molecule has 3 aromatic heterocycles. The van der Waals surface area contributed by atoms with Crippen LogP contribution in [0, 0.1) is 0 Å². The number of likely N-dealkylation sites (tertiary alicyclic amines) is 1. The molecule has 0 atom stereocenters. The van der Waals surface area contributed by atoms with Gasteiger partial charge in [0.2, 0.25) is 0 Å². The second-order valence-electron chi connectivity index (χ2n) is 8.86. The highest BCUT2D eigenvalue weighted by atomic mass is 19.4. The number of carbonyl (C=O) groups is 2. The number of nitrogens with zero attached hydrogens (tertiary/aromatic N) is 4. The van der Waals surface area contributed by atoms with Crippen LogP contribution in [0.4, 0.5) is 30.5 Å². The van der Waals surface area contributed by atoms with E-state index < -0.39 is 17.6 Å². The molecule has 206 valence electrons. The molecule has 1 aliphatic rings. The Balaban J connectivity index is 1.48. The average Bonchev–Trinajstić information content (AvgIpc) is 2.95. The maximum atomic E-state index is 13.4. The lowest BCUT2D eigenvalue weighted by atomic mass is 10.1. The number of hydrogen-bond donors (Lipinski definition) is 3. The topological polar surface area (TPSA) is 121 Å². The highest BCUT2D eigenvalue weighted by Gasteiger charge is 2.33. The normalized spacial score (nSPS) is 14.1. The van der Waals surface area contributed by atoms with Gasteiger partial charge in [-0.2, -0.15) is 13.2 Å². The Morgan fingerprint density at radius 3 is 2.46 bits per heavy atom. The molecule has 4 heterocycles. The van der Waals surface area contributed by atoms with E-state index in [0.717, 1.165) is 31.3 Å². The van der Waals surface area contributed by atoms with Crippen molar-refractivity contribution >= 4 is 29.1 Å². The number of amides is 2. The summed E-state index contributed by atoms with van der Waals surface area (Å²) in [5, 5.41) is 8.37. The molecule has 13 heteroatoms. The van der Waals surface area contributed by atoms with Gasteiger partial charge in [0.15, 0.2) is 0 Å². The fourth-order valence-corrected chi connectivity index (χ4v) is 4.22. The third-order valence-electron chi connectivity index (χ3n) is 6.38. The highest BCUT2D eigenvalue weighted by molar-refractivity contribution is 5.99. The summed E-state index contributed by atoms with van der Waals surface area (Å²) in [5.41, 5.74) is -0.0475. The summed E-state index contributed by atoms with van der Waals surface area (Å²) in [4.78, 5) is 39.2. The van der Waals surface area contributed by atoms with Gasteiger partial charge in [0.1, 0.15) is 11.6 Å². The quantitative estimate of drug-likeness (QED) is 0.392. The first-order valence-corrected chi connectivity index (χ1v) is 12.2. The zero-order valence-corrected chi connectivity index (χ0v) is 21.4. The van der Waals surface area contributed by atoms with Gasteiger partial charge in [-0.3, -0.25) is 14.6 Å². The number of ether oxygens (including phenoxy) is 1. The monoisotopic (exact) mass is 543 g/mol. The molecule has 0 aromatic carbocycles. The van der Waals surface area contributed by atoms with Crippen LogP contribution < -0.4 is 16.0 Å². The summed E-state index contributed by atoms with van der Waals surface area (Å²) < 4.78 is 45.5. The summed E-state index contributed by atoms with van der Waals surface area (Å²) >= 11 is 0. The third kappa shape index (κ3) is 6.79. The molecule has 0 radical (unpaired) electrons. The smallest absolute Gasteiger partial charge is 0.381 e. The lowest BCUT2D eigenvalue weighted by Gasteiger charge is -2.31. The first kappa shape index (κ1) is 27.8. The van der Waals surface area contributed by atoms with E-state index in [1.807, 2.05) is 0 Å². The molecule has 1 saturated heterocycles. The van der Waals surface area contributed by atoms with Crippen LogP contribution in [0.3, 0.4) is 0 Å². The minimum Gasteiger partial charge on any atom is -0.381 e. The van der Waals surface area contributed by atoms with Crippen molar-refractivity contribution in [3.63, 3.8) is 0 Å². The number of methoxy groups -OCH3 is 1. The summed E-state index contributed by atoms with van der Waals surface area (Å²) in [6.07, 6.45) is 2.15. The van der Waals surface area contributed by atoms with E-state index in [0.29, 0.717) is 30.3 Å². The number of rotatable bonds is 8. The Bertz CT molecular complexity index is 1310. The first-order valence-electron chi connectivity index (χ1n) is 12.2. The van der Waals surface area contributed by atoms with Gasteiger partial charge in [0.25, 0.3) is 11.8 Å². The van der Waals surface area contributed by atoms with Crippen molar-refractivity contribution in [2.75, 3.05) is 37.9 Å². The molecule has 0 bridgehead atoms. The van der Waals surface area contributed by atoms with Crippen LogP contribution in [-0.2, 0) is 17.5 Å². The predicted octanol–water partition coefficient (Wildman–Crippen LogP) is 3.86. The molecular formula is C26H28F3N7O3. The number of anilines is 3. The van der Waals surface area contributed by atoms with Gasteiger partial charge < -0.3 is 25.6 Å². The van der Waals surface area contributed by atoms with Crippen LogP contribution in [0.25, 0.3) is 0 Å². The standard InChI is InChI=1S/C26H28F3N7O3/c1-30-24(37)19-15-34-23(11-21(19)32-14-17-12-31-8-5-20(17)26(27,28)29)35-22-4-3-16(13-33-22)25(38)36-9-6-18(39-2)7-10-36/h3-5,8,11-13,15,18H,6-7,9-10,14H2,1-2H3,(H,30,37)(H2,32,33,34,35). The molecule has 4 rings (SSSR count). The van der Waals surface area contributed by atoms with Crippen molar-refractivity contribution in [2.24, 2.45) is 0 Å². The number of pyridine rings is 3. The van der Waals surface area contributed by atoms with Crippen molar-refractivity contribution in [1.29, 1.82) is 0 Å². The molecule has 1 aliphatic heterocycles. The molecule has 39 heavy (non-hydrogen) atoms. The molecule has 10 nitrogen and oxygen atoms in total. The van der Waals surface area contributed by atoms with Crippen LogP contribution in [0.5, 0.6) is 0 Å². The summed E-state index contributed by atoms with van der Waals surface area (Å²) in [7, 11) is 3.11. The minimum atomic E-state index is -4.55. The number of carbonyl (C=O) groups excluding carboxylic acids is 2. The van der Waals surface area contributed by atoms with Crippen molar-refractivity contribution < 1.29 is 27.5 Å². The van der Waals surface area contributed by atoms with Gasteiger partial charge in [0.05, 0.1) is 28.5 Å². The van der Waals surface area contributed by atoms with Gasteiger partial charge in [-0.25, -0.2) is 9.97 Å². The van der Waals surface area contributed by atoms with Crippen LogP contribution in [0.15, 0.2) is 49.1 Å². The zero-order valence-electron chi connectivity index (χ0n) is 21.4. The van der Waals surface area contributed by atoms with E-state index >= 15 is 0 Å². The van der Waals surface area contributed by atoms with Crippen molar-refractivity contribution in [3.8, 4) is 0 Å². The Labute approximate surface area is 223 Å². The Morgan fingerprint density at radius 2 is 1.82 bits per heavy atom. The van der Waals surface area contributed by atoms with E-state index in [2.05, 4.69) is 30.9 Å². The Morgan fingerprint density at radius 1 is 1.08 bits per heavy atom. The Kier molecular flexibility index (Phi) is 8.59. The molecule has 1 fully saturated rings. The summed E-state index contributed by atoms with van der Waals surface area (Å²) in [6.45, 7) is 0.989. The van der Waals surface area contributed by atoms with Crippen molar-refractivity contribution in [1.82, 2.24) is 25.2 Å². The van der Waals surface area contributed by atoms with Crippen molar-refractivity contribution in [2.45, 2.75) is 31.7 Å². The van der Waals surface area contributed by atoms with Crippen LogP contribution in [0.1, 0.15) is 44.7 Å². The zero-order chi connectivity index (χ0) is 28.0. The number of alkyl halides is 3. The molecule has 0 saturated carbocycles. The van der Waals surface area contributed by atoms with Gasteiger partial charge in [0, 0.05) is 70.2 Å². The van der Waals surface area contributed by atoms with E-state index in [-0.39, 0.29) is 35.4 Å². The lowest BCUT2D eigenvalue weighted by molar-refractivity contribution is -0.138. The second kappa shape index (κ2) is 12.1. The van der Waals surface area contributed by atoms with E-state index in [1.165, 1.54) is 25.5 Å². The van der Waals surface area contributed by atoms with Crippen molar-refractivity contribution in [3.05, 3.63) is 71.3 Å². The van der Waals surface area contributed by atoms with Gasteiger partial charge in [-0.15, -0.1) is 0 Å². The molecule has 2 amide bonds. The van der Waals surface area contributed by atoms with E-state index in [1.54, 1.807) is 24.1 Å². The number of nitrogens with one attached hydrogen (secondary N) is 3. The maximum Gasteiger partial charge on any atom is 0.416 e. The van der Waals surface area contributed by atoms with E-state index in [4.69, 9.17) is 4.74 Å². The third-order valence-corrected chi connectivity index (χ3v) is 6.38. The molecule has 0 spiro atoms. The van der Waals surface area contributed by atoms with Gasteiger partial charge in [-0.05, 0) is 31.0 Å². The number of aromatic nitrogens is 3. The van der Waals surface area contributed by atoms with Gasteiger partial charge in [-0.1, -0.05) is 0 Å². The fraction of sp³-hybridized carbons (Fsp3) is 0.346. The maximum absolute atomic E-state index is 13.4. The van der Waals surface area contributed by atoms with Crippen LogP contribution in [-0.4, -0.2) is 65.0 Å². The van der Waals surface area contributed by atoms with Crippen LogP contribution in [0.2, 0.25) is 0 Å². The van der Waals surface area contributed by atoms with E-state index in [9.17, 15) is 22.8 Å². The first-order chi connectivity index (χ1) is 18.7. The minimum absolute atomic E-state index is 0.0763. The molecule has 0 unspecified atom stereocenters. The molecule has 3 N–H and O–H groups in total. The van der Waals surface area contributed by atoms with Crippen LogP contribution >= 0.6 is 0 Å². The largest absolute Gasteiger partial charge is 0.416 e. The molecule has 0 aliphatic carbocycles. The molecule has 3 aromatic rings. The van der Waals surface area contributed by atoms with Gasteiger partial charge >= 0.3 is 6.18 Å². The lowest BCUT2D eigenvalue weighted by Crippen LogP contribution is -2.40. The number of halogens is 3. The fourth-order valence-electron chi connectivity index (χ4n) is 4.22. The Hall–Kier alpha value is -4.26. The number of hydrogen-bond acceptors (Lipinski definition) is 8. The average molecular weight is 544 g/mol. The highest BCUT2D eigenvalue weighted by Crippen LogP contribution is 2.32. The second-order valence-corrected chi connectivity index (χ2v) is 8.86.